The van der Waals surface area contributed by atoms with E-state index in [1.165, 1.54) is 4.68 Å². The lowest BCUT2D eigenvalue weighted by molar-refractivity contribution is -0.572. The molecule has 0 aliphatic carbocycles. The molecule has 2 unspecified atom stereocenters. The molecule has 0 bridgehead atoms. The third-order valence-electron chi connectivity index (χ3n) is 7.33. The van der Waals surface area contributed by atoms with Crippen LogP contribution in [0.2, 0.25) is 0 Å². The number of benzene rings is 2. The van der Waals surface area contributed by atoms with Crippen molar-refractivity contribution in [1.82, 2.24) is 5.43 Å². The summed E-state index contributed by atoms with van der Waals surface area (Å²) in [6.45, 7) is 3.48. The number of carbonyl (C=O) groups excluding carboxylic acids is 5. The fraction of sp³-hybridized carbons (Fsp3) is 0.355. The minimum atomic E-state index is -2.05. The Kier molecular flexibility index (Phi) is 10.4. The maximum absolute atomic E-state index is 13.7. The van der Waals surface area contributed by atoms with E-state index in [2.05, 4.69) is 5.43 Å². The number of ether oxygens (including phenoxy) is 4. The van der Waals surface area contributed by atoms with E-state index in [1.807, 2.05) is 0 Å². The number of methoxy groups -OCH3 is 4. The number of hydrogen-bond acceptors (Lipinski definition) is 10. The maximum atomic E-state index is 13.7. The summed E-state index contributed by atoms with van der Waals surface area (Å²) in [7, 11) is 4.54. The molecule has 0 spiro atoms. The first-order valence-electron chi connectivity index (χ1n) is 13.2. The SMILES string of the molecule is COC(=O)C(C(C(=O)OC)/C(=C(\C=O)c1ccccc1)c1ccccc1)=[N+]1CC(C(C)C)C(C(=O)OC)(C(=O)OC)N1. The molecule has 1 heterocycles. The van der Waals surface area contributed by atoms with E-state index in [9.17, 15) is 24.0 Å². The summed E-state index contributed by atoms with van der Waals surface area (Å²) >= 11 is 0. The van der Waals surface area contributed by atoms with Crippen LogP contribution < -0.4 is 5.43 Å². The van der Waals surface area contributed by atoms with Crippen LogP contribution >= 0.6 is 0 Å². The largest absolute Gasteiger partial charge is 0.468 e. The fourth-order valence-corrected chi connectivity index (χ4v) is 5.32. The van der Waals surface area contributed by atoms with Crippen LogP contribution in [-0.2, 0) is 42.9 Å². The first-order valence-corrected chi connectivity index (χ1v) is 13.2. The molecule has 2 aromatic carbocycles. The van der Waals surface area contributed by atoms with Crippen LogP contribution in [-0.4, -0.2) is 81.1 Å². The van der Waals surface area contributed by atoms with E-state index in [0.29, 0.717) is 17.4 Å². The van der Waals surface area contributed by atoms with E-state index in [-0.39, 0.29) is 29.3 Å². The normalized spacial score (nSPS) is 18.1. The fourth-order valence-electron chi connectivity index (χ4n) is 5.32. The topological polar surface area (TPSA) is 137 Å². The first kappa shape index (κ1) is 31.7. The summed E-state index contributed by atoms with van der Waals surface area (Å²) in [4.78, 5) is 66.5. The third-order valence-corrected chi connectivity index (χ3v) is 7.33. The molecule has 2 aromatic rings. The van der Waals surface area contributed by atoms with Crippen LogP contribution in [0.4, 0.5) is 0 Å². The second-order valence-electron chi connectivity index (χ2n) is 9.87. The van der Waals surface area contributed by atoms with Gasteiger partial charge in [-0.2, -0.15) is 5.43 Å². The summed E-state index contributed by atoms with van der Waals surface area (Å²) in [5.41, 5.74) is 1.69. The number of aldehydes is 1. The van der Waals surface area contributed by atoms with Gasteiger partial charge in [-0.1, -0.05) is 74.5 Å². The zero-order valence-corrected chi connectivity index (χ0v) is 24.4. The van der Waals surface area contributed by atoms with Crippen LogP contribution in [0.1, 0.15) is 25.0 Å². The third kappa shape index (κ3) is 5.81. The molecular weight excluding hydrogens is 544 g/mol. The van der Waals surface area contributed by atoms with Crippen LogP contribution in [0.5, 0.6) is 0 Å². The molecule has 1 aliphatic heterocycles. The lowest BCUT2D eigenvalue weighted by atomic mass is 9.78. The number of esters is 4. The van der Waals surface area contributed by atoms with Gasteiger partial charge in [0.25, 0.3) is 5.54 Å². The van der Waals surface area contributed by atoms with Crippen LogP contribution in [0.3, 0.4) is 0 Å². The molecule has 42 heavy (non-hydrogen) atoms. The second-order valence-corrected chi connectivity index (χ2v) is 9.87. The van der Waals surface area contributed by atoms with Gasteiger partial charge in [-0.05, 0) is 22.6 Å². The van der Waals surface area contributed by atoms with Crippen molar-refractivity contribution in [3.63, 3.8) is 0 Å². The molecule has 1 fully saturated rings. The van der Waals surface area contributed by atoms with Crippen molar-refractivity contribution in [1.29, 1.82) is 0 Å². The number of nitrogens with one attached hydrogen (secondary N) is 1. The molecule has 0 aromatic heterocycles. The van der Waals surface area contributed by atoms with E-state index in [1.54, 1.807) is 74.5 Å². The molecular formula is C31H35N2O9+. The van der Waals surface area contributed by atoms with Gasteiger partial charge in [-0.25, -0.2) is 14.4 Å². The monoisotopic (exact) mass is 579 g/mol. The number of hydrogen-bond donors (Lipinski definition) is 1. The van der Waals surface area contributed by atoms with Gasteiger partial charge in [-0.15, -0.1) is 4.68 Å². The Labute approximate surface area is 244 Å². The molecule has 1 N–H and O–H groups in total. The van der Waals surface area contributed by atoms with Crippen molar-refractivity contribution in [2.24, 2.45) is 17.8 Å². The zero-order chi connectivity index (χ0) is 31.0. The first-order chi connectivity index (χ1) is 20.1. The van der Waals surface area contributed by atoms with Gasteiger partial charge >= 0.3 is 29.6 Å². The quantitative estimate of drug-likeness (QED) is 0.0847. The highest BCUT2D eigenvalue weighted by atomic mass is 16.6. The van der Waals surface area contributed by atoms with Crippen molar-refractivity contribution in [2.45, 2.75) is 19.4 Å². The molecule has 0 saturated carbocycles. The van der Waals surface area contributed by atoms with Crippen LogP contribution in [0.15, 0.2) is 60.7 Å². The number of carbonyl (C=O) groups is 5. The molecule has 1 aliphatic rings. The van der Waals surface area contributed by atoms with Crippen LogP contribution in [0.25, 0.3) is 11.1 Å². The predicted molar refractivity (Wildman–Crippen MR) is 152 cm³/mol. The predicted octanol–water partition coefficient (Wildman–Crippen LogP) is 2.09. The molecule has 11 heteroatoms. The van der Waals surface area contributed by atoms with E-state index in [0.717, 1.165) is 28.4 Å². The maximum Gasteiger partial charge on any atom is 0.402 e. The Morgan fingerprint density at radius 2 is 1.36 bits per heavy atom. The molecule has 11 nitrogen and oxygen atoms in total. The highest BCUT2D eigenvalue weighted by Gasteiger charge is 2.66. The molecule has 222 valence electrons. The van der Waals surface area contributed by atoms with Crippen molar-refractivity contribution in [3.05, 3.63) is 71.8 Å². The van der Waals surface area contributed by atoms with Crippen molar-refractivity contribution in [2.75, 3.05) is 35.0 Å². The van der Waals surface area contributed by atoms with Gasteiger partial charge < -0.3 is 18.9 Å². The lowest BCUT2D eigenvalue weighted by Crippen LogP contribution is -2.62. The Bertz CT molecular complexity index is 1380. The Morgan fingerprint density at radius 1 is 0.833 bits per heavy atom. The summed E-state index contributed by atoms with van der Waals surface area (Å²) < 4.78 is 21.6. The smallest absolute Gasteiger partial charge is 0.402 e. The van der Waals surface area contributed by atoms with Crippen molar-refractivity contribution in [3.8, 4) is 0 Å². The van der Waals surface area contributed by atoms with E-state index >= 15 is 0 Å². The molecule has 1 saturated heterocycles. The van der Waals surface area contributed by atoms with E-state index < -0.39 is 41.3 Å². The molecule has 3 rings (SSSR count). The Balaban J connectivity index is 2.50. The Hall–Kier alpha value is -4.80. The minimum absolute atomic E-state index is 0.108. The number of hydrazone groups is 1. The minimum Gasteiger partial charge on any atom is -0.468 e. The van der Waals surface area contributed by atoms with Crippen molar-refractivity contribution < 1.29 is 47.6 Å². The van der Waals surface area contributed by atoms with E-state index in [4.69, 9.17) is 18.9 Å². The molecule has 0 amide bonds. The molecule has 2 atom stereocenters. The van der Waals surface area contributed by atoms with Crippen molar-refractivity contribution >= 4 is 47.0 Å². The van der Waals surface area contributed by atoms with Gasteiger partial charge in [0, 0.05) is 5.57 Å². The van der Waals surface area contributed by atoms with Gasteiger partial charge in [0.15, 0.2) is 18.7 Å². The Morgan fingerprint density at radius 3 is 1.79 bits per heavy atom. The highest BCUT2D eigenvalue weighted by Crippen LogP contribution is 2.37. The van der Waals surface area contributed by atoms with Gasteiger partial charge in [0.2, 0.25) is 0 Å². The van der Waals surface area contributed by atoms with Gasteiger partial charge in [-0.3, -0.25) is 9.59 Å². The second kappa shape index (κ2) is 13.7. The molecule has 0 radical (unpaired) electrons. The number of hydrazine groups is 1. The number of allylic oxidation sites excluding steroid dienone is 1. The average Bonchev–Trinajstić information content (AvgIpc) is 3.43. The average molecular weight is 580 g/mol. The van der Waals surface area contributed by atoms with Gasteiger partial charge in [0.05, 0.1) is 34.4 Å². The summed E-state index contributed by atoms with van der Waals surface area (Å²) in [6.07, 6.45) is 0.601. The summed E-state index contributed by atoms with van der Waals surface area (Å²) in [6, 6.07) is 17.2. The van der Waals surface area contributed by atoms with Gasteiger partial charge in [0.1, 0.15) is 0 Å². The number of rotatable bonds is 10. The summed E-state index contributed by atoms with van der Waals surface area (Å²) in [5.74, 6) is -6.36. The standard InChI is InChI=1S/C31H34N2O9/c1-19(2)23-17-33(32-31(23,29(37)41-5)30(38)42-6)26(28(36)40-4)25(27(35)39-3)24(21-15-11-8-12-16-21)22(18-34)20-13-9-7-10-14-20/h7-16,18-19,23,25H,17H2,1-6H3/p+1/b24-22+. The lowest BCUT2D eigenvalue weighted by Gasteiger charge is -2.27. The highest BCUT2D eigenvalue weighted by molar-refractivity contribution is 6.43. The van der Waals surface area contributed by atoms with Crippen LogP contribution in [0, 0.1) is 17.8 Å². The number of nitrogens with zero attached hydrogens (tertiary/aromatic N) is 1. The summed E-state index contributed by atoms with van der Waals surface area (Å²) in [5, 5.41) is 0. The zero-order valence-electron chi connectivity index (χ0n) is 24.4.